The molecule has 1 unspecified atom stereocenters. The van der Waals surface area contributed by atoms with Gasteiger partial charge in [-0.2, -0.15) is 0 Å². The predicted octanol–water partition coefficient (Wildman–Crippen LogP) is 4.14. The number of aliphatic carboxylic acids is 1. The van der Waals surface area contributed by atoms with E-state index in [4.69, 9.17) is 11.6 Å². The molecule has 0 spiro atoms. The summed E-state index contributed by atoms with van der Waals surface area (Å²) >= 11 is 8.17. The third kappa shape index (κ3) is 3.93. The molecule has 1 N–H and O–H groups in total. The van der Waals surface area contributed by atoms with Crippen molar-refractivity contribution >= 4 is 29.3 Å². The van der Waals surface area contributed by atoms with Gasteiger partial charge in [0.2, 0.25) is 0 Å². The molecule has 2 rings (SSSR count). The molecule has 1 saturated heterocycles. The molecule has 1 aromatic carbocycles. The number of hydrogen-bond acceptors (Lipinski definition) is 3. The first-order valence-corrected chi connectivity index (χ1v) is 8.47. The maximum absolute atomic E-state index is 11.3. The molecule has 1 atom stereocenters. The van der Waals surface area contributed by atoms with Crippen LogP contribution in [0, 0.1) is 5.41 Å². The van der Waals surface area contributed by atoms with Crippen molar-refractivity contribution in [3.63, 3.8) is 0 Å². The molecule has 0 saturated carbocycles. The van der Waals surface area contributed by atoms with Gasteiger partial charge in [-0.05, 0) is 37.6 Å². The summed E-state index contributed by atoms with van der Waals surface area (Å²) in [7, 11) is 0. The highest BCUT2D eigenvalue weighted by Crippen LogP contribution is 2.35. The maximum Gasteiger partial charge on any atom is 0.310 e. The minimum atomic E-state index is -0.707. The molecule has 0 amide bonds. The summed E-state index contributed by atoms with van der Waals surface area (Å²) in [5.74, 6) is -0.707. The molecule has 116 valence electrons. The van der Waals surface area contributed by atoms with Gasteiger partial charge in [0.25, 0.3) is 0 Å². The van der Waals surface area contributed by atoms with Crippen LogP contribution in [0.1, 0.15) is 32.8 Å². The quantitative estimate of drug-likeness (QED) is 0.825. The fourth-order valence-corrected chi connectivity index (χ4v) is 3.92. The number of carboxylic acids is 1. The Morgan fingerprint density at radius 1 is 1.52 bits per heavy atom. The largest absolute Gasteiger partial charge is 0.481 e. The number of rotatable bonds is 5. The smallest absolute Gasteiger partial charge is 0.310 e. The maximum atomic E-state index is 11.3. The Labute approximate surface area is 135 Å². The van der Waals surface area contributed by atoms with Gasteiger partial charge in [0.05, 0.1) is 5.41 Å². The van der Waals surface area contributed by atoms with Gasteiger partial charge in [0, 0.05) is 28.3 Å². The first kappa shape index (κ1) is 16.7. The number of likely N-dealkylation sites (tertiary alicyclic amines) is 1. The SMILES string of the molecule is CC(C)Sc1cccc(Cl)c1CN1CCC(C)(C(=O)O)C1. The Bertz CT molecular complexity index is 535. The standard InChI is InChI=1S/C16H22ClNO2S/c1-11(2)21-14-6-4-5-13(17)12(14)9-18-8-7-16(3,10-18)15(19)20/h4-6,11H,7-10H2,1-3H3,(H,19,20). The van der Waals surface area contributed by atoms with E-state index in [9.17, 15) is 9.90 Å². The zero-order valence-electron chi connectivity index (χ0n) is 12.7. The first-order chi connectivity index (χ1) is 9.82. The van der Waals surface area contributed by atoms with E-state index >= 15 is 0 Å². The number of hydrogen-bond donors (Lipinski definition) is 1. The Kier molecular flexibility index (Phi) is 5.23. The summed E-state index contributed by atoms with van der Waals surface area (Å²) in [6, 6.07) is 5.98. The van der Waals surface area contributed by atoms with Crippen molar-refractivity contribution in [1.29, 1.82) is 0 Å². The summed E-state index contributed by atoms with van der Waals surface area (Å²) in [6.45, 7) is 8.25. The molecule has 0 aliphatic carbocycles. The van der Waals surface area contributed by atoms with Crippen molar-refractivity contribution in [3.05, 3.63) is 28.8 Å². The van der Waals surface area contributed by atoms with Crippen molar-refractivity contribution in [2.24, 2.45) is 5.41 Å². The fraction of sp³-hybridized carbons (Fsp3) is 0.562. The van der Waals surface area contributed by atoms with Crippen molar-refractivity contribution in [3.8, 4) is 0 Å². The molecular weight excluding hydrogens is 306 g/mol. The van der Waals surface area contributed by atoms with E-state index in [1.807, 2.05) is 19.1 Å². The zero-order valence-corrected chi connectivity index (χ0v) is 14.3. The lowest BCUT2D eigenvalue weighted by Crippen LogP contribution is -2.31. The average Bonchev–Trinajstić information content (AvgIpc) is 2.76. The molecule has 0 radical (unpaired) electrons. The van der Waals surface area contributed by atoms with Gasteiger partial charge in [0.15, 0.2) is 0 Å². The number of thioether (sulfide) groups is 1. The second-order valence-electron chi connectivity index (χ2n) is 6.21. The van der Waals surface area contributed by atoms with Crippen molar-refractivity contribution in [2.75, 3.05) is 13.1 Å². The van der Waals surface area contributed by atoms with Crippen molar-refractivity contribution in [2.45, 2.75) is 43.9 Å². The van der Waals surface area contributed by atoms with Crippen LogP contribution in [0.5, 0.6) is 0 Å². The molecule has 1 aliphatic heterocycles. The van der Waals surface area contributed by atoms with Crippen molar-refractivity contribution < 1.29 is 9.90 Å². The van der Waals surface area contributed by atoms with Gasteiger partial charge in [-0.1, -0.05) is 31.5 Å². The molecular formula is C16H22ClNO2S. The van der Waals surface area contributed by atoms with Gasteiger partial charge < -0.3 is 5.11 Å². The van der Waals surface area contributed by atoms with Crippen LogP contribution in [-0.2, 0) is 11.3 Å². The Morgan fingerprint density at radius 3 is 2.81 bits per heavy atom. The number of benzene rings is 1. The molecule has 1 fully saturated rings. The van der Waals surface area contributed by atoms with E-state index in [2.05, 4.69) is 24.8 Å². The summed E-state index contributed by atoms with van der Waals surface area (Å²) in [6.07, 6.45) is 0.694. The molecule has 1 heterocycles. The van der Waals surface area contributed by atoms with Gasteiger partial charge in [-0.3, -0.25) is 9.69 Å². The normalized spacial score (nSPS) is 22.9. The lowest BCUT2D eigenvalue weighted by atomic mass is 9.90. The molecule has 5 heteroatoms. The van der Waals surface area contributed by atoms with E-state index in [0.717, 1.165) is 23.7 Å². The van der Waals surface area contributed by atoms with Crippen LogP contribution in [0.2, 0.25) is 5.02 Å². The van der Waals surface area contributed by atoms with Crippen LogP contribution in [0.25, 0.3) is 0 Å². The highest BCUT2D eigenvalue weighted by molar-refractivity contribution is 8.00. The Hall–Kier alpha value is -0.710. The first-order valence-electron chi connectivity index (χ1n) is 7.21. The van der Waals surface area contributed by atoms with Crippen LogP contribution in [0.15, 0.2) is 23.1 Å². The fourth-order valence-electron chi connectivity index (χ4n) is 2.65. The summed E-state index contributed by atoms with van der Waals surface area (Å²) < 4.78 is 0. The lowest BCUT2D eigenvalue weighted by Gasteiger charge is -2.22. The van der Waals surface area contributed by atoms with Crippen LogP contribution < -0.4 is 0 Å². The van der Waals surface area contributed by atoms with Gasteiger partial charge in [-0.25, -0.2) is 0 Å². The molecule has 0 bridgehead atoms. The molecule has 1 aliphatic rings. The monoisotopic (exact) mass is 327 g/mol. The predicted molar refractivity (Wildman–Crippen MR) is 88.1 cm³/mol. The van der Waals surface area contributed by atoms with E-state index in [0.29, 0.717) is 18.2 Å². The van der Waals surface area contributed by atoms with Gasteiger partial charge in [-0.15, -0.1) is 11.8 Å². The van der Waals surface area contributed by atoms with E-state index < -0.39 is 11.4 Å². The summed E-state index contributed by atoms with van der Waals surface area (Å²) in [5, 5.41) is 10.6. The van der Waals surface area contributed by atoms with Crippen molar-refractivity contribution in [1.82, 2.24) is 4.90 Å². The van der Waals surface area contributed by atoms with E-state index in [1.54, 1.807) is 11.8 Å². The van der Waals surface area contributed by atoms with Gasteiger partial charge >= 0.3 is 5.97 Å². The number of halogens is 1. The summed E-state index contributed by atoms with van der Waals surface area (Å²) in [4.78, 5) is 14.7. The highest BCUT2D eigenvalue weighted by Gasteiger charge is 2.40. The Balaban J connectivity index is 2.15. The number of carbonyl (C=O) groups is 1. The summed E-state index contributed by atoms with van der Waals surface area (Å²) in [5.41, 5.74) is 0.486. The van der Waals surface area contributed by atoms with Crippen LogP contribution in [-0.4, -0.2) is 34.3 Å². The molecule has 0 aromatic heterocycles. The number of carboxylic acid groups (broad SMARTS) is 1. The van der Waals surface area contributed by atoms with Crippen LogP contribution >= 0.6 is 23.4 Å². The van der Waals surface area contributed by atoms with E-state index in [-0.39, 0.29) is 0 Å². The average molecular weight is 328 g/mol. The molecule has 1 aromatic rings. The number of nitrogens with zero attached hydrogens (tertiary/aromatic N) is 1. The Morgan fingerprint density at radius 2 is 2.24 bits per heavy atom. The second-order valence-corrected chi connectivity index (χ2v) is 8.24. The molecule has 21 heavy (non-hydrogen) atoms. The van der Waals surface area contributed by atoms with Crippen LogP contribution in [0.3, 0.4) is 0 Å². The molecule has 3 nitrogen and oxygen atoms in total. The third-order valence-corrected chi connectivity index (χ3v) is 5.35. The van der Waals surface area contributed by atoms with Gasteiger partial charge in [0.1, 0.15) is 0 Å². The van der Waals surface area contributed by atoms with E-state index in [1.165, 1.54) is 4.90 Å². The third-order valence-electron chi connectivity index (χ3n) is 3.89. The minimum absolute atomic E-state index is 0.491. The minimum Gasteiger partial charge on any atom is -0.481 e. The lowest BCUT2D eigenvalue weighted by molar-refractivity contribution is -0.147. The highest BCUT2D eigenvalue weighted by atomic mass is 35.5. The van der Waals surface area contributed by atoms with Crippen LogP contribution in [0.4, 0.5) is 0 Å². The second kappa shape index (κ2) is 6.59. The topological polar surface area (TPSA) is 40.5 Å². The zero-order chi connectivity index (χ0) is 15.6.